The molecular weight excluding hydrogens is 370 g/mol. The second-order valence-corrected chi connectivity index (χ2v) is 7.37. The van der Waals surface area contributed by atoms with Crippen LogP contribution in [0.25, 0.3) is 0 Å². The molecule has 0 spiro atoms. The van der Waals surface area contributed by atoms with Gasteiger partial charge in [-0.25, -0.2) is 9.79 Å². The van der Waals surface area contributed by atoms with Crippen LogP contribution in [-0.4, -0.2) is 29.6 Å². The van der Waals surface area contributed by atoms with E-state index in [1.807, 2.05) is 0 Å². The molecule has 0 saturated carbocycles. The van der Waals surface area contributed by atoms with Crippen molar-refractivity contribution in [3.05, 3.63) is 49.9 Å². The van der Waals surface area contributed by atoms with E-state index >= 15 is 0 Å². The number of ether oxygens (including phenoxy) is 1. The van der Waals surface area contributed by atoms with Gasteiger partial charge in [0.2, 0.25) is 0 Å². The Balaban J connectivity index is 1.87. The average molecular weight is 385 g/mol. The molecule has 1 N–H and O–H groups in total. The molecule has 2 aliphatic rings. The number of carbonyl (C=O) groups is 2. The maximum Gasteiger partial charge on any atom is 0.341 e. The number of rotatable bonds is 3. The van der Waals surface area contributed by atoms with Crippen LogP contribution in [-0.2, 0) is 22.4 Å². The van der Waals surface area contributed by atoms with Crippen molar-refractivity contribution in [3.63, 3.8) is 0 Å². The van der Waals surface area contributed by atoms with Gasteiger partial charge in [-0.3, -0.25) is 14.9 Å². The number of benzene rings is 1. The minimum absolute atomic E-state index is 0.0671. The van der Waals surface area contributed by atoms with Crippen molar-refractivity contribution in [2.75, 3.05) is 12.4 Å². The van der Waals surface area contributed by atoms with Crippen LogP contribution in [0.4, 0.5) is 16.4 Å². The quantitative estimate of drug-likeness (QED) is 0.494. The zero-order chi connectivity index (χ0) is 19.1. The highest BCUT2D eigenvalue weighted by molar-refractivity contribution is 7.16. The summed E-state index contributed by atoms with van der Waals surface area (Å²) in [6.45, 7) is 0. The first-order valence-electron chi connectivity index (χ1n) is 8.41. The predicted molar refractivity (Wildman–Crippen MR) is 100 cm³/mol. The van der Waals surface area contributed by atoms with Gasteiger partial charge in [0.05, 0.1) is 23.3 Å². The van der Waals surface area contributed by atoms with Gasteiger partial charge in [0.15, 0.2) is 0 Å². The van der Waals surface area contributed by atoms with Crippen molar-refractivity contribution in [1.29, 1.82) is 0 Å². The summed E-state index contributed by atoms with van der Waals surface area (Å²) < 4.78 is 4.92. The Morgan fingerprint density at radius 3 is 2.85 bits per heavy atom. The number of nitrogens with one attached hydrogen (secondary N) is 1. The predicted octanol–water partition coefficient (Wildman–Crippen LogP) is 3.39. The van der Waals surface area contributed by atoms with Crippen LogP contribution in [0.1, 0.15) is 39.2 Å². The van der Waals surface area contributed by atoms with Crippen molar-refractivity contribution in [3.8, 4) is 0 Å². The van der Waals surface area contributed by atoms with Gasteiger partial charge in [0.1, 0.15) is 10.7 Å². The van der Waals surface area contributed by atoms with E-state index in [-0.39, 0.29) is 11.4 Å². The molecule has 9 heteroatoms. The van der Waals surface area contributed by atoms with E-state index in [1.165, 1.54) is 36.6 Å². The molecule has 1 aromatic carbocycles. The van der Waals surface area contributed by atoms with Crippen LogP contribution in [0.3, 0.4) is 0 Å². The number of nitro groups is 1. The standard InChI is InChI=1S/C18H15N3O5S/c1-26-18(23)14-10-4-2-3-5-13(10)27-17(14)20-15-11-8-9(21(24)25)6-7-12(11)19-16(15)22/h6-8H,2-5H2,1H3,(H,19,20,22). The molecule has 1 aliphatic heterocycles. The van der Waals surface area contributed by atoms with Gasteiger partial charge in [0, 0.05) is 22.6 Å². The summed E-state index contributed by atoms with van der Waals surface area (Å²) in [5.41, 5.74) is 2.10. The van der Waals surface area contributed by atoms with E-state index in [2.05, 4.69) is 10.3 Å². The Labute approximate surface area is 158 Å². The monoisotopic (exact) mass is 385 g/mol. The smallest absolute Gasteiger partial charge is 0.341 e. The average Bonchev–Trinajstić information content (AvgIpc) is 3.18. The second-order valence-electron chi connectivity index (χ2n) is 6.28. The maximum atomic E-state index is 12.4. The summed E-state index contributed by atoms with van der Waals surface area (Å²) in [4.78, 5) is 40.8. The number of methoxy groups -OCH3 is 1. The third kappa shape index (κ3) is 2.89. The van der Waals surface area contributed by atoms with Crippen LogP contribution in [0.15, 0.2) is 23.2 Å². The van der Waals surface area contributed by atoms with Crippen LogP contribution < -0.4 is 5.32 Å². The van der Waals surface area contributed by atoms with Crippen molar-refractivity contribution < 1.29 is 19.2 Å². The normalized spacial score (nSPS) is 16.6. The SMILES string of the molecule is COC(=O)c1c(N=C2C(=O)Nc3ccc([N+](=O)[O-])cc32)sc2c1CCCC2. The number of anilines is 1. The lowest BCUT2D eigenvalue weighted by Gasteiger charge is -2.11. The van der Waals surface area contributed by atoms with E-state index in [0.717, 1.165) is 36.1 Å². The zero-order valence-corrected chi connectivity index (χ0v) is 15.2. The molecule has 0 unspecified atom stereocenters. The Morgan fingerprint density at radius 1 is 1.33 bits per heavy atom. The molecular formula is C18H15N3O5S. The summed E-state index contributed by atoms with van der Waals surface area (Å²) in [6.07, 6.45) is 3.66. The van der Waals surface area contributed by atoms with Gasteiger partial charge in [-0.2, -0.15) is 0 Å². The Hall–Kier alpha value is -3.07. The van der Waals surface area contributed by atoms with Crippen LogP contribution in [0.2, 0.25) is 0 Å². The Morgan fingerprint density at radius 2 is 2.11 bits per heavy atom. The number of amides is 1. The summed E-state index contributed by atoms with van der Waals surface area (Å²) in [5.74, 6) is -0.931. The number of hydrogen-bond acceptors (Lipinski definition) is 7. The van der Waals surface area contributed by atoms with Gasteiger partial charge in [-0.1, -0.05) is 0 Å². The largest absolute Gasteiger partial charge is 0.465 e. The molecule has 1 aliphatic carbocycles. The molecule has 1 amide bonds. The fourth-order valence-corrected chi connectivity index (χ4v) is 4.66. The highest BCUT2D eigenvalue weighted by Crippen LogP contribution is 2.41. The lowest BCUT2D eigenvalue weighted by Crippen LogP contribution is -2.14. The number of aliphatic imine (C=N–C) groups is 1. The lowest BCUT2D eigenvalue weighted by atomic mass is 9.95. The topological polar surface area (TPSA) is 111 Å². The third-order valence-electron chi connectivity index (χ3n) is 4.69. The van der Waals surface area contributed by atoms with Crippen molar-refractivity contribution in [1.82, 2.24) is 0 Å². The molecule has 4 rings (SSSR count). The number of esters is 1. The number of hydrogen-bond donors (Lipinski definition) is 1. The van der Waals surface area contributed by atoms with Gasteiger partial charge < -0.3 is 10.1 Å². The van der Waals surface area contributed by atoms with Crippen LogP contribution in [0.5, 0.6) is 0 Å². The number of fused-ring (bicyclic) bond motifs is 2. The lowest BCUT2D eigenvalue weighted by molar-refractivity contribution is -0.384. The van der Waals surface area contributed by atoms with Crippen LogP contribution >= 0.6 is 11.3 Å². The number of thiophene rings is 1. The highest BCUT2D eigenvalue weighted by Gasteiger charge is 2.31. The first kappa shape index (κ1) is 17.3. The summed E-state index contributed by atoms with van der Waals surface area (Å²) in [7, 11) is 1.31. The first-order chi connectivity index (χ1) is 13.0. The summed E-state index contributed by atoms with van der Waals surface area (Å²) in [5, 5.41) is 14.1. The van der Waals surface area contributed by atoms with Crippen molar-refractivity contribution in [2.45, 2.75) is 25.7 Å². The molecule has 1 aromatic heterocycles. The molecule has 138 valence electrons. The minimum Gasteiger partial charge on any atom is -0.465 e. The van der Waals surface area contributed by atoms with Gasteiger partial charge in [0.25, 0.3) is 11.6 Å². The number of nitro benzene ring substituents is 1. The molecule has 2 aromatic rings. The van der Waals surface area contributed by atoms with E-state index in [9.17, 15) is 19.7 Å². The zero-order valence-electron chi connectivity index (χ0n) is 14.4. The molecule has 0 radical (unpaired) electrons. The molecule has 0 atom stereocenters. The number of non-ortho nitro benzene ring substituents is 1. The molecule has 0 saturated heterocycles. The van der Waals surface area contributed by atoms with E-state index < -0.39 is 16.8 Å². The summed E-state index contributed by atoms with van der Waals surface area (Å²) in [6, 6.07) is 4.12. The molecule has 0 bridgehead atoms. The molecule has 8 nitrogen and oxygen atoms in total. The number of nitrogens with zero attached hydrogens (tertiary/aromatic N) is 2. The fourth-order valence-electron chi connectivity index (χ4n) is 3.41. The van der Waals surface area contributed by atoms with Gasteiger partial charge in [-0.15, -0.1) is 11.3 Å². The fraction of sp³-hybridized carbons (Fsp3) is 0.278. The Bertz CT molecular complexity index is 1020. The van der Waals surface area contributed by atoms with E-state index in [1.54, 1.807) is 0 Å². The van der Waals surface area contributed by atoms with Gasteiger partial charge >= 0.3 is 5.97 Å². The first-order valence-corrected chi connectivity index (χ1v) is 9.23. The maximum absolute atomic E-state index is 12.4. The Kier molecular flexibility index (Phi) is 4.23. The third-order valence-corrected chi connectivity index (χ3v) is 5.87. The highest BCUT2D eigenvalue weighted by atomic mass is 32.1. The van der Waals surface area contributed by atoms with E-state index in [4.69, 9.17) is 4.74 Å². The molecule has 0 fully saturated rings. The van der Waals surface area contributed by atoms with Gasteiger partial charge in [-0.05, 0) is 37.3 Å². The summed E-state index contributed by atoms with van der Waals surface area (Å²) >= 11 is 1.38. The molecule has 2 heterocycles. The molecule has 27 heavy (non-hydrogen) atoms. The van der Waals surface area contributed by atoms with Crippen molar-refractivity contribution >= 4 is 45.3 Å². The minimum atomic E-state index is -0.523. The number of carbonyl (C=O) groups excluding carboxylic acids is 2. The van der Waals surface area contributed by atoms with Crippen LogP contribution in [0, 0.1) is 10.1 Å². The van der Waals surface area contributed by atoms with Crippen molar-refractivity contribution in [2.24, 2.45) is 4.99 Å². The second kappa shape index (κ2) is 6.58. The number of aryl methyl sites for hydroxylation is 1. The van der Waals surface area contributed by atoms with E-state index in [0.29, 0.717) is 21.8 Å².